The van der Waals surface area contributed by atoms with Crippen molar-refractivity contribution >= 4 is 17.4 Å². The van der Waals surface area contributed by atoms with Crippen LogP contribution in [0.15, 0.2) is 39.9 Å². The number of amides is 1. The van der Waals surface area contributed by atoms with Gasteiger partial charge in [0.2, 0.25) is 5.91 Å². The summed E-state index contributed by atoms with van der Waals surface area (Å²) in [5.41, 5.74) is 1.17. The van der Waals surface area contributed by atoms with Crippen molar-refractivity contribution in [1.29, 1.82) is 0 Å². The zero-order valence-electron chi connectivity index (χ0n) is 15.4. The van der Waals surface area contributed by atoms with Crippen LogP contribution in [0.2, 0.25) is 0 Å². The largest absolute Gasteiger partial charge is 0.357 e. The fourth-order valence-corrected chi connectivity index (χ4v) is 3.39. The molecule has 1 atom stereocenters. The van der Waals surface area contributed by atoms with Crippen molar-refractivity contribution in [1.82, 2.24) is 9.13 Å². The number of nitrogens with zero attached hydrogens (tertiary/aromatic N) is 3. The molecule has 1 aliphatic heterocycles. The van der Waals surface area contributed by atoms with Gasteiger partial charge in [-0.15, -0.1) is 0 Å². The van der Waals surface area contributed by atoms with Crippen LogP contribution in [0.4, 0.5) is 11.5 Å². The van der Waals surface area contributed by atoms with E-state index in [2.05, 4.69) is 5.32 Å². The number of aryl methyl sites for hydroxylation is 1. The molecule has 0 aliphatic carbocycles. The van der Waals surface area contributed by atoms with E-state index in [1.54, 1.807) is 7.05 Å². The van der Waals surface area contributed by atoms with E-state index in [9.17, 15) is 14.4 Å². The molecule has 138 valence electrons. The third-order valence-corrected chi connectivity index (χ3v) is 4.90. The highest BCUT2D eigenvalue weighted by Gasteiger charge is 2.27. The summed E-state index contributed by atoms with van der Waals surface area (Å²) in [6, 6.07) is 9.16. The summed E-state index contributed by atoms with van der Waals surface area (Å²) in [6.45, 7) is 3.18. The number of aromatic nitrogens is 2. The molecule has 1 amide bonds. The van der Waals surface area contributed by atoms with Gasteiger partial charge < -0.3 is 10.2 Å². The second-order valence-corrected chi connectivity index (χ2v) is 6.89. The summed E-state index contributed by atoms with van der Waals surface area (Å²) in [6.07, 6.45) is 1.61. The molecule has 2 heterocycles. The second kappa shape index (κ2) is 7.19. The summed E-state index contributed by atoms with van der Waals surface area (Å²) < 4.78 is 2.54. The van der Waals surface area contributed by atoms with Crippen LogP contribution >= 0.6 is 0 Å². The summed E-state index contributed by atoms with van der Waals surface area (Å²) in [5.74, 6) is 0.337. The molecule has 7 nitrogen and oxygen atoms in total. The Morgan fingerprint density at radius 2 is 1.92 bits per heavy atom. The van der Waals surface area contributed by atoms with Crippen LogP contribution in [0.25, 0.3) is 0 Å². The molecular formula is C19H24N4O3. The van der Waals surface area contributed by atoms with Crippen LogP contribution < -0.4 is 21.5 Å². The molecule has 0 bridgehead atoms. The van der Waals surface area contributed by atoms with Crippen molar-refractivity contribution < 1.29 is 4.79 Å². The molecule has 1 aliphatic rings. The molecule has 1 aromatic heterocycles. The SMILES string of the molecule is Cc1cccc(NC(=O)[C@@H]2CCCN(c3cc(=O)n(C)c(=O)n3C)C2)c1. The van der Waals surface area contributed by atoms with Crippen LogP contribution in [-0.4, -0.2) is 28.1 Å². The Kier molecular flexibility index (Phi) is 4.97. The van der Waals surface area contributed by atoms with E-state index in [-0.39, 0.29) is 23.1 Å². The molecule has 3 rings (SSSR count). The van der Waals surface area contributed by atoms with Crippen LogP contribution in [0.5, 0.6) is 0 Å². The second-order valence-electron chi connectivity index (χ2n) is 6.89. The molecule has 0 radical (unpaired) electrons. The molecule has 0 unspecified atom stereocenters. The number of hydrogen-bond donors (Lipinski definition) is 1. The molecule has 1 N–H and O–H groups in total. The maximum absolute atomic E-state index is 12.7. The van der Waals surface area contributed by atoms with Gasteiger partial charge in [0.1, 0.15) is 5.82 Å². The average molecular weight is 356 g/mol. The number of nitrogens with one attached hydrogen (secondary N) is 1. The summed E-state index contributed by atoms with van der Waals surface area (Å²) in [4.78, 5) is 38.8. The lowest BCUT2D eigenvalue weighted by molar-refractivity contribution is -0.120. The first kappa shape index (κ1) is 18.0. The molecule has 2 aromatic rings. The van der Waals surface area contributed by atoms with Crippen molar-refractivity contribution in [3.05, 3.63) is 56.7 Å². The Hall–Kier alpha value is -2.83. The Morgan fingerprint density at radius 1 is 1.15 bits per heavy atom. The maximum Gasteiger partial charge on any atom is 0.332 e. The van der Waals surface area contributed by atoms with E-state index in [0.29, 0.717) is 18.9 Å². The molecule has 1 fully saturated rings. The van der Waals surface area contributed by atoms with Gasteiger partial charge in [-0.1, -0.05) is 12.1 Å². The van der Waals surface area contributed by atoms with E-state index in [0.717, 1.165) is 28.7 Å². The monoisotopic (exact) mass is 356 g/mol. The quantitative estimate of drug-likeness (QED) is 0.898. The van der Waals surface area contributed by atoms with Crippen molar-refractivity contribution in [2.24, 2.45) is 20.0 Å². The fraction of sp³-hybridized carbons (Fsp3) is 0.421. The zero-order valence-corrected chi connectivity index (χ0v) is 15.4. The zero-order chi connectivity index (χ0) is 18.8. The molecule has 0 spiro atoms. The van der Waals surface area contributed by atoms with Gasteiger partial charge in [0.25, 0.3) is 5.56 Å². The number of rotatable bonds is 3. The highest BCUT2D eigenvalue weighted by molar-refractivity contribution is 5.93. The summed E-state index contributed by atoms with van der Waals surface area (Å²) >= 11 is 0. The minimum absolute atomic E-state index is 0.0332. The maximum atomic E-state index is 12.7. The summed E-state index contributed by atoms with van der Waals surface area (Å²) in [7, 11) is 3.11. The van der Waals surface area contributed by atoms with Crippen molar-refractivity contribution in [3.8, 4) is 0 Å². The van der Waals surface area contributed by atoms with Crippen molar-refractivity contribution in [3.63, 3.8) is 0 Å². The van der Waals surface area contributed by atoms with Gasteiger partial charge in [-0.2, -0.15) is 0 Å². The smallest absolute Gasteiger partial charge is 0.332 e. The predicted octanol–water partition coefficient (Wildman–Crippen LogP) is 1.25. The highest BCUT2D eigenvalue weighted by atomic mass is 16.2. The van der Waals surface area contributed by atoms with Crippen LogP contribution in [0.3, 0.4) is 0 Å². The van der Waals surface area contributed by atoms with Gasteiger partial charge in [0.05, 0.1) is 5.92 Å². The molecule has 1 saturated heterocycles. The minimum Gasteiger partial charge on any atom is -0.357 e. The van der Waals surface area contributed by atoms with Gasteiger partial charge in [-0.3, -0.25) is 18.7 Å². The summed E-state index contributed by atoms with van der Waals surface area (Å²) in [5, 5.41) is 2.97. The van der Waals surface area contributed by atoms with Crippen LogP contribution in [0.1, 0.15) is 18.4 Å². The first-order valence-corrected chi connectivity index (χ1v) is 8.76. The fourth-order valence-electron chi connectivity index (χ4n) is 3.39. The Labute approximate surface area is 151 Å². The number of piperidine rings is 1. The van der Waals surface area contributed by atoms with E-state index in [1.165, 1.54) is 17.7 Å². The number of carbonyl (C=O) groups is 1. The van der Waals surface area contributed by atoms with Gasteiger partial charge in [0, 0.05) is 38.9 Å². The van der Waals surface area contributed by atoms with Gasteiger partial charge >= 0.3 is 5.69 Å². The lowest BCUT2D eigenvalue weighted by atomic mass is 9.97. The average Bonchev–Trinajstić information content (AvgIpc) is 2.63. The van der Waals surface area contributed by atoms with E-state index in [4.69, 9.17) is 0 Å². The van der Waals surface area contributed by atoms with Gasteiger partial charge in [0.15, 0.2) is 0 Å². The molecule has 1 aromatic carbocycles. The van der Waals surface area contributed by atoms with Gasteiger partial charge in [-0.25, -0.2) is 4.79 Å². The Bertz CT molecular complexity index is 945. The van der Waals surface area contributed by atoms with E-state index in [1.807, 2.05) is 36.1 Å². The number of anilines is 2. The first-order chi connectivity index (χ1) is 12.4. The number of benzene rings is 1. The molecule has 26 heavy (non-hydrogen) atoms. The lowest BCUT2D eigenvalue weighted by Crippen LogP contribution is -2.45. The first-order valence-electron chi connectivity index (χ1n) is 8.76. The van der Waals surface area contributed by atoms with Crippen LogP contribution in [-0.2, 0) is 18.9 Å². The Morgan fingerprint density at radius 3 is 2.65 bits per heavy atom. The molecule has 7 heteroatoms. The number of hydrogen-bond acceptors (Lipinski definition) is 4. The lowest BCUT2D eigenvalue weighted by Gasteiger charge is -2.34. The van der Waals surface area contributed by atoms with Crippen molar-refractivity contribution in [2.75, 3.05) is 23.3 Å². The van der Waals surface area contributed by atoms with E-state index < -0.39 is 0 Å². The number of carbonyl (C=O) groups excluding carboxylic acids is 1. The third kappa shape index (κ3) is 3.56. The van der Waals surface area contributed by atoms with Crippen molar-refractivity contribution in [2.45, 2.75) is 19.8 Å². The minimum atomic E-state index is -0.362. The standard InChI is InChI=1S/C19H24N4O3/c1-13-6-4-8-15(10-13)20-18(25)14-7-5-9-23(12-14)16-11-17(24)22(3)19(26)21(16)2/h4,6,8,10-11,14H,5,7,9,12H2,1-3H3,(H,20,25)/t14-/m1/s1. The topological polar surface area (TPSA) is 76.3 Å². The molecular weight excluding hydrogens is 332 g/mol. The molecule has 0 saturated carbocycles. The van der Waals surface area contributed by atoms with E-state index >= 15 is 0 Å². The van der Waals surface area contributed by atoms with Crippen LogP contribution in [0, 0.1) is 12.8 Å². The Balaban J connectivity index is 1.78. The third-order valence-electron chi connectivity index (χ3n) is 4.90. The van der Waals surface area contributed by atoms with Gasteiger partial charge in [-0.05, 0) is 37.5 Å². The normalized spacial score (nSPS) is 17.2. The highest BCUT2D eigenvalue weighted by Crippen LogP contribution is 2.23. The predicted molar refractivity (Wildman–Crippen MR) is 102 cm³/mol.